The summed E-state index contributed by atoms with van der Waals surface area (Å²) < 4.78 is 9.98. The first-order valence-electron chi connectivity index (χ1n) is 8.59. The van der Waals surface area contributed by atoms with Gasteiger partial charge in [-0.25, -0.2) is 4.79 Å². The lowest BCUT2D eigenvalue weighted by Crippen LogP contribution is -2.13. The molecule has 0 aliphatic carbocycles. The van der Waals surface area contributed by atoms with E-state index >= 15 is 0 Å². The lowest BCUT2D eigenvalue weighted by atomic mass is 10.1. The van der Waals surface area contributed by atoms with Gasteiger partial charge in [0.1, 0.15) is 11.4 Å². The highest BCUT2D eigenvalue weighted by Gasteiger charge is 2.23. The molecule has 1 amide bonds. The third-order valence-electron chi connectivity index (χ3n) is 4.46. The second kappa shape index (κ2) is 7.49. The summed E-state index contributed by atoms with van der Waals surface area (Å²) >= 11 is 0. The maximum atomic E-state index is 12.6. The van der Waals surface area contributed by atoms with Crippen molar-refractivity contribution in [3.8, 4) is 11.3 Å². The van der Waals surface area contributed by atoms with Gasteiger partial charge in [-0.1, -0.05) is 36.3 Å². The Hall–Kier alpha value is -3.35. The molecule has 7 heteroatoms. The van der Waals surface area contributed by atoms with Crippen LogP contribution in [0.5, 0.6) is 0 Å². The number of methoxy groups -OCH3 is 1. The van der Waals surface area contributed by atoms with Crippen molar-refractivity contribution in [2.24, 2.45) is 0 Å². The van der Waals surface area contributed by atoms with Gasteiger partial charge in [-0.3, -0.25) is 10.1 Å². The quantitative estimate of drug-likeness (QED) is 0.667. The number of amides is 1. The summed E-state index contributed by atoms with van der Waals surface area (Å²) in [5.41, 5.74) is 4.48. The number of aryl methyl sites for hydroxylation is 2. The number of aromatic amines is 1. The van der Waals surface area contributed by atoms with Crippen LogP contribution in [-0.2, 0) is 11.2 Å². The molecule has 0 fully saturated rings. The van der Waals surface area contributed by atoms with Gasteiger partial charge in [0.25, 0.3) is 5.91 Å². The molecule has 2 aromatic heterocycles. The lowest BCUT2D eigenvalue weighted by Gasteiger charge is -2.01. The second-order valence-electron chi connectivity index (χ2n) is 6.20. The van der Waals surface area contributed by atoms with E-state index < -0.39 is 11.9 Å². The molecule has 0 saturated carbocycles. The van der Waals surface area contributed by atoms with E-state index in [2.05, 4.69) is 22.4 Å². The number of hydrogen-bond donors (Lipinski definition) is 2. The number of anilines is 1. The molecule has 3 rings (SSSR count). The molecule has 0 saturated heterocycles. The summed E-state index contributed by atoms with van der Waals surface area (Å²) in [6.07, 6.45) is 0.961. The Labute approximate surface area is 156 Å². The maximum Gasteiger partial charge on any atom is 0.339 e. The molecule has 0 unspecified atom stereocenters. The van der Waals surface area contributed by atoms with Gasteiger partial charge in [0.05, 0.1) is 12.7 Å². The molecule has 0 spiro atoms. The number of aromatic nitrogens is 2. The molecule has 0 radical (unpaired) electrons. The number of rotatable bonds is 5. The summed E-state index contributed by atoms with van der Waals surface area (Å²) in [5.74, 6) is -0.687. The van der Waals surface area contributed by atoms with E-state index in [-0.39, 0.29) is 11.6 Å². The van der Waals surface area contributed by atoms with Crippen LogP contribution >= 0.6 is 0 Å². The van der Waals surface area contributed by atoms with Crippen LogP contribution in [0.4, 0.5) is 5.88 Å². The van der Waals surface area contributed by atoms with Crippen LogP contribution in [0, 0.1) is 13.8 Å². The van der Waals surface area contributed by atoms with Crippen molar-refractivity contribution in [1.29, 1.82) is 0 Å². The number of hydrogen-bond acceptors (Lipinski definition) is 5. The number of H-pyrrole nitrogens is 1. The van der Waals surface area contributed by atoms with Crippen molar-refractivity contribution in [1.82, 2.24) is 10.1 Å². The first-order valence-corrected chi connectivity index (χ1v) is 8.59. The molecular weight excluding hydrogens is 346 g/mol. The molecule has 7 nitrogen and oxygen atoms in total. The third-order valence-corrected chi connectivity index (χ3v) is 4.46. The van der Waals surface area contributed by atoms with E-state index in [0.717, 1.165) is 12.0 Å². The van der Waals surface area contributed by atoms with Crippen molar-refractivity contribution in [3.63, 3.8) is 0 Å². The molecule has 27 heavy (non-hydrogen) atoms. The maximum absolute atomic E-state index is 12.6. The zero-order valence-corrected chi connectivity index (χ0v) is 15.7. The van der Waals surface area contributed by atoms with Gasteiger partial charge < -0.3 is 14.2 Å². The number of carbonyl (C=O) groups excluding carboxylic acids is 2. The summed E-state index contributed by atoms with van der Waals surface area (Å²) in [7, 11) is 1.30. The highest BCUT2D eigenvalue weighted by atomic mass is 16.5. The fourth-order valence-corrected chi connectivity index (χ4v) is 2.94. The van der Waals surface area contributed by atoms with Crippen LogP contribution in [0.2, 0.25) is 0 Å². The number of esters is 1. The topological polar surface area (TPSA) is 97.2 Å². The molecular formula is C20H21N3O4. The van der Waals surface area contributed by atoms with E-state index in [1.807, 2.05) is 24.3 Å². The minimum Gasteiger partial charge on any atom is -0.465 e. The highest BCUT2D eigenvalue weighted by Crippen LogP contribution is 2.24. The molecule has 2 N–H and O–H groups in total. The smallest absolute Gasteiger partial charge is 0.339 e. The van der Waals surface area contributed by atoms with Crippen LogP contribution in [0.3, 0.4) is 0 Å². The van der Waals surface area contributed by atoms with E-state index in [0.29, 0.717) is 22.5 Å². The lowest BCUT2D eigenvalue weighted by molar-refractivity contribution is 0.0599. The van der Waals surface area contributed by atoms with Crippen LogP contribution < -0.4 is 5.32 Å². The van der Waals surface area contributed by atoms with Crippen molar-refractivity contribution in [2.75, 3.05) is 12.4 Å². The van der Waals surface area contributed by atoms with Gasteiger partial charge >= 0.3 is 5.97 Å². The van der Waals surface area contributed by atoms with E-state index in [1.165, 1.54) is 12.7 Å². The van der Waals surface area contributed by atoms with Gasteiger partial charge in [0.2, 0.25) is 5.88 Å². The minimum absolute atomic E-state index is 0.223. The summed E-state index contributed by atoms with van der Waals surface area (Å²) in [4.78, 5) is 27.3. The average Bonchev–Trinajstić information content (AvgIpc) is 3.25. The SMILES string of the molecule is CCc1ccc(-c2cc(NC(=O)c3[nH]c(C)c(C(=O)OC)c3C)on2)cc1. The Morgan fingerprint density at radius 1 is 1.22 bits per heavy atom. The minimum atomic E-state index is -0.488. The first-order chi connectivity index (χ1) is 12.9. The summed E-state index contributed by atoms with van der Waals surface area (Å²) in [5, 5.41) is 6.66. The van der Waals surface area contributed by atoms with Gasteiger partial charge in [-0.05, 0) is 31.4 Å². The van der Waals surface area contributed by atoms with Crippen LogP contribution in [0.15, 0.2) is 34.9 Å². The largest absolute Gasteiger partial charge is 0.465 e. The van der Waals surface area contributed by atoms with Crippen LogP contribution in [0.25, 0.3) is 11.3 Å². The molecule has 0 atom stereocenters. The molecule has 140 valence electrons. The fraction of sp³-hybridized carbons (Fsp3) is 0.250. The van der Waals surface area contributed by atoms with Crippen molar-refractivity contribution < 1.29 is 18.8 Å². The number of nitrogens with one attached hydrogen (secondary N) is 2. The standard InChI is InChI=1S/C20H21N3O4/c1-5-13-6-8-14(9-7-13)15-10-16(27-23-15)22-19(24)18-11(2)17(12(3)21-18)20(25)26-4/h6-10,21H,5H2,1-4H3,(H,22,24). The van der Waals surface area contributed by atoms with Crippen LogP contribution in [-0.4, -0.2) is 29.1 Å². The number of benzene rings is 1. The fourth-order valence-electron chi connectivity index (χ4n) is 2.94. The van der Waals surface area contributed by atoms with Crippen LogP contribution in [0.1, 0.15) is 44.6 Å². The van der Waals surface area contributed by atoms with Crippen molar-refractivity contribution in [3.05, 3.63) is 58.4 Å². The Kier molecular flexibility index (Phi) is 5.12. The Balaban J connectivity index is 1.79. The molecule has 3 aromatic rings. The zero-order chi connectivity index (χ0) is 19.6. The predicted molar refractivity (Wildman–Crippen MR) is 101 cm³/mol. The number of carbonyl (C=O) groups is 2. The van der Waals surface area contributed by atoms with Gasteiger partial charge in [0.15, 0.2) is 0 Å². The monoisotopic (exact) mass is 367 g/mol. The average molecular weight is 367 g/mol. The van der Waals surface area contributed by atoms with Crippen molar-refractivity contribution in [2.45, 2.75) is 27.2 Å². The molecule has 1 aromatic carbocycles. The first kappa shape index (κ1) is 18.4. The summed E-state index contributed by atoms with van der Waals surface area (Å²) in [6.45, 7) is 5.49. The van der Waals surface area contributed by atoms with E-state index in [1.54, 1.807) is 19.9 Å². The van der Waals surface area contributed by atoms with E-state index in [9.17, 15) is 9.59 Å². The predicted octanol–water partition coefficient (Wildman–Crippen LogP) is 3.89. The Morgan fingerprint density at radius 3 is 2.56 bits per heavy atom. The highest BCUT2D eigenvalue weighted by molar-refractivity contribution is 6.06. The second-order valence-corrected chi connectivity index (χ2v) is 6.20. The van der Waals surface area contributed by atoms with Gasteiger partial charge in [-0.15, -0.1) is 0 Å². The zero-order valence-electron chi connectivity index (χ0n) is 15.7. The Bertz CT molecular complexity index is 983. The summed E-state index contributed by atoms with van der Waals surface area (Å²) in [6, 6.07) is 9.64. The molecule has 0 aliphatic heterocycles. The van der Waals surface area contributed by atoms with E-state index in [4.69, 9.17) is 9.26 Å². The van der Waals surface area contributed by atoms with Gasteiger partial charge in [0, 0.05) is 17.3 Å². The number of ether oxygens (including phenoxy) is 1. The third kappa shape index (κ3) is 3.62. The Morgan fingerprint density at radius 2 is 1.93 bits per heavy atom. The molecule has 0 bridgehead atoms. The molecule has 0 aliphatic rings. The normalized spacial score (nSPS) is 10.7. The van der Waals surface area contributed by atoms with Gasteiger partial charge in [-0.2, -0.15) is 0 Å². The van der Waals surface area contributed by atoms with Crippen molar-refractivity contribution >= 4 is 17.8 Å². The number of nitrogens with zero attached hydrogens (tertiary/aromatic N) is 1. The molecule has 2 heterocycles.